The first kappa shape index (κ1) is 23.8. The quantitative estimate of drug-likeness (QED) is 0.409. The summed E-state index contributed by atoms with van der Waals surface area (Å²) in [5.41, 5.74) is 4.49. The molecule has 1 saturated heterocycles. The Hall–Kier alpha value is -3.90. The van der Waals surface area contributed by atoms with E-state index in [1.54, 1.807) is 24.3 Å². The molecule has 0 spiro atoms. The van der Waals surface area contributed by atoms with Crippen LogP contribution in [0.2, 0.25) is 0 Å². The van der Waals surface area contributed by atoms with E-state index in [1.165, 1.54) is 18.2 Å². The summed E-state index contributed by atoms with van der Waals surface area (Å²) in [6.07, 6.45) is -2.89. The number of rotatable bonds is 6. The molecular formula is C24H24F3N7O2. The lowest BCUT2D eigenvalue weighted by Gasteiger charge is -2.32. The van der Waals surface area contributed by atoms with Crippen LogP contribution in [0.1, 0.15) is 5.69 Å². The second-order valence-corrected chi connectivity index (χ2v) is 8.39. The zero-order valence-corrected chi connectivity index (χ0v) is 19.1. The van der Waals surface area contributed by atoms with Gasteiger partial charge in [0.25, 0.3) is 6.43 Å². The molecular weight excluding hydrogens is 475 g/mol. The molecule has 0 saturated carbocycles. The number of fused-ring (bicyclic) bond motifs is 1. The molecule has 5 rings (SSSR count). The number of nitrogens with two attached hydrogens (primary N) is 1. The van der Waals surface area contributed by atoms with E-state index in [0.717, 1.165) is 6.07 Å². The van der Waals surface area contributed by atoms with Crippen LogP contribution in [0.5, 0.6) is 0 Å². The molecule has 0 radical (unpaired) electrons. The highest BCUT2D eigenvalue weighted by atomic mass is 19.3. The van der Waals surface area contributed by atoms with Gasteiger partial charge >= 0.3 is 0 Å². The molecule has 2 aliphatic rings. The molecule has 9 nitrogen and oxygen atoms in total. The van der Waals surface area contributed by atoms with Crippen LogP contribution >= 0.6 is 0 Å². The molecule has 0 atom stereocenters. The average molecular weight is 499 g/mol. The predicted molar refractivity (Wildman–Crippen MR) is 130 cm³/mol. The van der Waals surface area contributed by atoms with Crippen molar-refractivity contribution in [2.75, 3.05) is 53.7 Å². The van der Waals surface area contributed by atoms with Crippen molar-refractivity contribution in [3.8, 4) is 11.4 Å². The van der Waals surface area contributed by atoms with Crippen molar-refractivity contribution in [2.45, 2.75) is 12.1 Å². The van der Waals surface area contributed by atoms with Crippen LogP contribution in [-0.2, 0) is 15.2 Å². The van der Waals surface area contributed by atoms with Crippen LogP contribution in [0.4, 0.5) is 36.1 Å². The first-order valence-corrected chi connectivity index (χ1v) is 11.4. The van der Waals surface area contributed by atoms with Crippen molar-refractivity contribution in [1.82, 2.24) is 9.97 Å². The zero-order chi connectivity index (χ0) is 25.3. The maximum Gasteiger partial charge on any atom is 0.285 e. The summed E-state index contributed by atoms with van der Waals surface area (Å²) in [5, 5.41) is 8.15. The lowest BCUT2D eigenvalue weighted by atomic mass is 10.1. The van der Waals surface area contributed by atoms with Gasteiger partial charge in [-0.15, -0.1) is 0 Å². The molecule has 12 heteroatoms. The Labute approximate surface area is 204 Å². The van der Waals surface area contributed by atoms with Crippen LogP contribution in [0.15, 0.2) is 48.5 Å². The number of hydrogen-bond donors (Lipinski definition) is 4. The van der Waals surface area contributed by atoms with E-state index in [0.29, 0.717) is 43.5 Å². The number of carbonyl (C=O) groups excluding carboxylic acids is 1. The third-order valence-corrected chi connectivity index (χ3v) is 6.06. The zero-order valence-electron chi connectivity index (χ0n) is 19.1. The van der Waals surface area contributed by atoms with Crippen molar-refractivity contribution >= 4 is 28.8 Å². The highest BCUT2D eigenvalue weighted by molar-refractivity contribution is 5.92. The molecule has 1 fully saturated rings. The molecule has 1 amide bonds. The number of alkyl halides is 2. The van der Waals surface area contributed by atoms with Gasteiger partial charge in [-0.25, -0.2) is 23.1 Å². The predicted octanol–water partition coefficient (Wildman–Crippen LogP) is 2.97. The Morgan fingerprint density at radius 3 is 2.42 bits per heavy atom. The molecule has 3 heterocycles. The Bertz CT molecular complexity index is 1260. The Morgan fingerprint density at radius 1 is 1.11 bits per heavy atom. The highest BCUT2D eigenvalue weighted by Crippen LogP contribution is 2.43. The molecule has 3 aromatic rings. The van der Waals surface area contributed by atoms with Gasteiger partial charge in [0.1, 0.15) is 11.6 Å². The summed E-state index contributed by atoms with van der Waals surface area (Å²) < 4.78 is 49.6. The van der Waals surface area contributed by atoms with Crippen molar-refractivity contribution in [3.05, 3.63) is 60.0 Å². The van der Waals surface area contributed by atoms with E-state index < -0.39 is 23.8 Å². The van der Waals surface area contributed by atoms with E-state index in [2.05, 4.69) is 25.9 Å². The second kappa shape index (κ2) is 9.63. The van der Waals surface area contributed by atoms with Gasteiger partial charge in [0.15, 0.2) is 5.82 Å². The number of morpholine rings is 1. The molecule has 188 valence electrons. The third-order valence-electron chi connectivity index (χ3n) is 6.06. The standard InChI is InChI=1S/C24H24F3N7O2/c25-15-11-14(5-6-16(15)29-21(35)13-28)22-30-19(12-20(31-22)34-7-9-36-10-8-34)24(23(26)27)32-17-3-1-2-4-18(17)33-24/h1-6,11-12,23,32-33H,7-10,13,28H2,(H,29,35). The van der Waals surface area contributed by atoms with E-state index >= 15 is 0 Å². The number of nitrogens with one attached hydrogen (secondary N) is 3. The molecule has 36 heavy (non-hydrogen) atoms. The largest absolute Gasteiger partial charge is 0.378 e. The first-order valence-electron chi connectivity index (χ1n) is 11.4. The number of anilines is 4. The number of aromatic nitrogens is 2. The number of hydrogen-bond acceptors (Lipinski definition) is 8. The summed E-state index contributed by atoms with van der Waals surface area (Å²) in [6, 6.07) is 12.4. The summed E-state index contributed by atoms with van der Waals surface area (Å²) in [4.78, 5) is 22.5. The van der Waals surface area contributed by atoms with Crippen molar-refractivity contribution in [2.24, 2.45) is 5.73 Å². The fourth-order valence-electron chi connectivity index (χ4n) is 4.18. The molecule has 0 unspecified atom stereocenters. The van der Waals surface area contributed by atoms with Gasteiger partial charge in [-0.2, -0.15) is 0 Å². The maximum absolute atomic E-state index is 14.8. The minimum Gasteiger partial charge on any atom is -0.378 e. The fraction of sp³-hybridized carbons (Fsp3) is 0.292. The summed E-state index contributed by atoms with van der Waals surface area (Å²) in [5.74, 6) is -0.807. The SMILES string of the molecule is NCC(=O)Nc1ccc(-c2nc(N3CCOCC3)cc(C3(C(F)F)Nc4ccccc4N3)n2)cc1F. The number of ether oxygens (including phenoxy) is 1. The number of para-hydroxylation sites is 2. The number of halogens is 3. The summed E-state index contributed by atoms with van der Waals surface area (Å²) in [7, 11) is 0. The summed E-state index contributed by atoms with van der Waals surface area (Å²) >= 11 is 0. The number of carbonyl (C=O) groups is 1. The van der Waals surface area contributed by atoms with Crippen LogP contribution in [0.25, 0.3) is 11.4 Å². The number of benzene rings is 2. The lowest BCUT2D eigenvalue weighted by molar-refractivity contribution is -0.114. The number of nitrogens with zero attached hydrogens (tertiary/aromatic N) is 3. The molecule has 1 aromatic heterocycles. The molecule has 2 aromatic carbocycles. The molecule has 2 aliphatic heterocycles. The van der Waals surface area contributed by atoms with Gasteiger partial charge in [-0.05, 0) is 30.3 Å². The summed E-state index contributed by atoms with van der Waals surface area (Å²) in [6.45, 7) is 1.64. The Balaban J connectivity index is 1.60. The highest BCUT2D eigenvalue weighted by Gasteiger charge is 2.48. The smallest absolute Gasteiger partial charge is 0.285 e. The van der Waals surface area contributed by atoms with E-state index in [-0.39, 0.29) is 29.3 Å². The average Bonchev–Trinajstić information content (AvgIpc) is 3.31. The maximum atomic E-state index is 14.8. The lowest BCUT2D eigenvalue weighted by Crippen LogP contribution is -2.47. The number of amides is 1. The van der Waals surface area contributed by atoms with Gasteiger partial charge in [-0.1, -0.05) is 12.1 Å². The third kappa shape index (κ3) is 4.40. The van der Waals surface area contributed by atoms with Crippen molar-refractivity contribution in [1.29, 1.82) is 0 Å². The van der Waals surface area contributed by atoms with Gasteiger partial charge < -0.3 is 31.3 Å². The molecule has 5 N–H and O–H groups in total. The minimum absolute atomic E-state index is 0.00103. The Morgan fingerprint density at radius 2 is 1.81 bits per heavy atom. The van der Waals surface area contributed by atoms with Crippen LogP contribution in [0.3, 0.4) is 0 Å². The topological polar surface area (TPSA) is 117 Å². The van der Waals surface area contributed by atoms with Gasteiger partial charge in [0, 0.05) is 24.7 Å². The second-order valence-electron chi connectivity index (χ2n) is 8.39. The van der Waals surface area contributed by atoms with Crippen LogP contribution in [-0.4, -0.2) is 55.1 Å². The monoisotopic (exact) mass is 499 g/mol. The van der Waals surface area contributed by atoms with Gasteiger partial charge in [-0.3, -0.25) is 4.79 Å². The van der Waals surface area contributed by atoms with E-state index in [9.17, 15) is 18.0 Å². The van der Waals surface area contributed by atoms with Crippen molar-refractivity contribution in [3.63, 3.8) is 0 Å². The fourth-order valence-corrected chi connectivity index (χ4v) is 4.18. The van der Waals surface area contributed by atoms with Gasteiger partial charge in [0.2, 0.25) is 11.6 Å². The minimum atomic E-state index is -2.89. The van der Waals surface area contributed by atoms with E-state index in [4.69, 9.17) is 10.5 Å². The van der Waals surface area contributed by atoms with Crippen LogP contribution < -0.4 is 26.6 Å². The normalized spacial score (nSPS) is 16.3. The Kier molecular flexibility index (Phi) is 6.37. The van der Waals surface area contributed by atoms with Gasteiger partial charge in [0.05, 0.1) is 42.5 Å². The first-order chi connectivity index (χ1) is 17.4. The molecule has 0 bridgehead atoms. The van der Waals surface area contributed by atoms with Crippen LogP contribution in [0, 0.1) is 5.82 Å². The van der Waals surface area contributed by atoms with E-state index in [1.807, 2.05) is 4.90 Å². The molecule has 0 aliphatic carbocycles. The van der Waals surface area contributed by atoms with Crippen molar-refractivity contribution < 1.29 is 22.7 Å².